The third kappa shape index (κ3) is 2.75. The minimum absolute atomic E-state index is 0.158. The number of carboxylic acid groups (broad SMARTS) is 1. The van der Waals surface area contributed by atoms with Gasteiger partial charge in [0.1, 0.15) is 5.54 Å². The lowest BCUT2D eigenvalue weighted by molar-refractivity contribution is -0.147. The number of halogens is 1. The van der Waals surface area contributed by atoms with Crippen LogP contribution in [-0.4, -0.2) is 32.4 Å². The van der Waals surface area contributed by atoms with Crippen molar-refractivity contribution in [1.29, 1.82) is 0 Å². The molecule has 0 radical (unpaired) electrons. The van der Waals surface area contributed by atoms with Crippen molar-refractivity contribution >= 4 is 21.9 Å². The highest BCUT2D eigenvalue weighted by atomic mass is 79.9. The van der Waals surface area contributed by atoms with Crippen LogP contribution in [-0.2, 0) is 4.79 Å². The van der Waals surface area contributed by atoms with Crippen LogP contribution in [0.15, 0.2) is 4.47 Å². The van der Waals surface area contributed by atoms with E-state index in [1.165, 1.54) is 0 Å². The largest absolute Gasteiger partial charge is 0.480 e. The molecule has 1 aromatic heterocycles. The fourth-order valence-corrected chi connectivity index (χ4v) is 3.72. The number of nitrogens with zero attached hydrogens (tertiary/aromatic N) is 2. The van der Waals surface area contributed by atoms with Crippen LogP contribution in [0, 0.1) is 13.8 Å². The number of rotatable bonds is 4. The summed E-state index contributed by atoms with van der Waals surface area (Å²) in [6.45, 7) is 4.01. The monoisotopic (exact) mass is 355 g/mol. The van der Waals surface area contributed by atoms with E-state index in [1.807, 2.05) is 18.5 Å². The fourth-order valence-electron chi connectivity index (χ4n) is 3.46. The first-order chi connectivity index (χ1) is 9.93. The van der Waals surface area contributed by atoms with Crippen molar-refractivity contribution in [3.63, 3.8) is 0 Å². The van der Waals surface area contributed by atoms with E-state index in [4.69, 9.17) is 0 Å². The van der Waals surface area contributed by atoms with Crippen molar-refractivity contribution in [2.45, 2.75) is 70.0 Å². The van der Waals surface area contributed by atoms with Gasteiger partial charge in [0, 0.05) is 6.04 Å². The predicted molar refractivity (Wildman–Crippen MR) is 83.4 cm³/mol. The topological polar surface area (TPSA) is 67.2 Å². The van der Waals surface area contributed by atoms with E-state index in [9.17, 15) is 9.90 Å². The van der Waals surface area contributed by atoms with Crippen molar-refractivity contribution < 1.29 is 9.90 Å². The molecule has 0 saturated heterocycles. The summed E-state index contributed by atoms with van der Waals surface area (Å²) in [5.74, 6) is -0.709. The normalized spacial score (nSPS) is 29.6. The highest BCUT2D eigenvalue weighted by Crippen LogP contribution is 2.39. The zero-order chi connectivity index (χ0) is 15.2. The molecule has 2 saturated carbocycles. The lowest BCUT2D eigenvalue weighted by Crippen LogP contribution is -2.56. The summed E-state index contributed by atoms with van der Waals surface area (Å²) >= 11 is 3.56. The molecule has 116 valence electrons. The number of aromatic nitrogens is 2. The number of hydrogen-bond donors (Lipinski definition) is 2. The molecule has 6 heteroatoms. The van der Waals surface area contributed by atoms with E-state index in [0.717, 1.165) is 48.0 Å². The second-order valence-corrected chi connectivity index (χ2v) is 7.28. The second-order valence-electron chi connectivity index (χ2n) is 6.49. The van der Waals surface area contributed by atoms with Crippen molar-refractivity contribution in [3.05, 3.63) is 15.9 Å². The zero-order valence-corrected chi connectivity index (χ0v) is 14.1. The summed E-state index contributed by atoms with van der Waals surface area (Å²) in [5.41, 5.74) is 1.28. The lowest BCUT2D eigenvalue weighted by atomic mass is 9.78. The van der Waals surface area contributed by atoms with E-state index in [0.29, 0.717) is 12.5 Å². The van der Waals surface area contributed by atoms with Gasteiger partial charge < -0.3 is 5.11 Å². The number of aliphatic carboxylic acids is 1. The predicted octanol–water partition coefficient (Wildman–Crippen LogP) is 2.95. The number of aryl methyl sites for hydroxylation is 1. The van der Waals surface area contributed by atoms with Crippen LogP contribution in [0.1, 0.15) is 56.0 Å². The maximum atomic E-state index is 11.9. The number of carbonyl (C=O) groups is 1. The van der Waals surface area contributed by atoms with Crippen molar-refractivity contribution in [3.8, 4) is 0 Å². The Morgan fingerprint density at radius 1 is 1.43 bits per heavy atom. The molecule has 0 aliphatic heterocycles. The van der Waals surface area contributed by atoms with E-state index >= 15 is 0 Å². The van der Waals surface area contributed by atoms with E-state index < -0.39 is 11.5 Å². The van der Waals surface area contributed by atoms with Crippen LogP contribution in [0.3, 0.4) is 0 Å². The smallest absolute Gasteiger partial charge is 0.323 e. The molecule has 2 unspecified atom stereocenters. The van der Waals surface area contributed by atoms with Gasteiger partial charge in [0.25, 0.3) is 0 Å². The van der Waals surface area contributed by atoms with Gasteiger partial charge in [-0.25, -0.2) is 0 Å². The maximum Gasteiger partial charge on any atom is 0.323 e. The highest BCUT2D eigenvalue weighted by molar-refractivity contribution is 9.10. The number of carboxylic acids is 1. The molecule has 0 spiro atoms. The molecule has 2 aliphatic rings. The molecule has 0 amide bonds. The quantitative estimate of drug-likeness (QED) is 0.871. The molecule has 2 N–H and O–H groups in total. The first-order valence-corrected chi connectivity index (χ1v) is 8.44. The van der Waals surface area contributed by atoms with Gasteiger partial charge in [-0.05, 0) is 68.3 Å². The molecule has 21 heavy (non-hydrogen) atoms. The minimum atomic E-state index is -0.775. The highest BCUT2D eigenvalue weighted by Gasteiger charge is 2.46. The summed E-state index contributed by atoms with van der Waals surface area (Å²) in [6, 6.07) is 0.554. The van der Waals surface area contributed by atoms with Gasteiger partial charge in [0.2, 0.25) is 0 Å². The van der Waals surface area contributed by atoms with Crippen LogP contribution in [0.2, 0.25) is 0 Å². The maximum absolute atomic E-state index is 11.9. The van der Waals surface area contributed by atoms with E-state index in [2.05, 4.69) is 26.3 Å². The first-order valence-electron chi connectivity index (χ1n) is 7.65. The van der Waals surface area contributed by atoms with Crippen LogP contribution < -0.4 is 5.32 Å². The summed E-state index contributed by atoms with van der Waals surface area (Å²) < 4.78 is 3.05. The molecule has 2 fully saturated rings. The van der Waals surface area contributed by atoms with Gasteiger partial charge in [0.05, 0.1) is 21.9 Å². The van der Waals surface area contributed by atoms with Gasteiger partial charge in [-0.2, -0.15) is 5.10 Å². The molecule has 1 aromatic rings. The summed E-state index contributed by atoms with van der Waals surface area (Å²) in [6.07, 6.45) is 5.46. The molecule has 0 aromatic carbocycles. The van der Waals surface area contributed by atoms with Gasteiger partial charge in [0.15, 0.2) is 0 Å². The molecule has 0 bridgehead atoms. The minimum Gasteiger partial charge on any atom is -0.480 e. The third-order valence-electron chi connectivity index (χ3n) is 4.77. The summed E-state index contributed by atoms with van der Waals surface area (Å²) in [7, 11) is 0. The molecule has 2 aliphatic carbocycles. The molecule has 3 rings (SSSR count). The van der Waals surface area contributed by atoms with Crippen LogP contribution in [0.5, 0.6) is 0 Å². The van der Waals surface area contributed by atoms with Crippen LogP contribution in [0.25, 0.3) is 0 Å². The van der Waals surface area contributed by atoms with Gasteiger partial charge in [-0.3, -0.25) is 14.8 Å². The second kappa shape index (κ2) is 5.39. The van der Waals surface area contributed by atoms with E-state index in [1.54, 1.807) is 0 Å². The van der Waals surface area contributed by atoms with E-state index in [-0.39, 0.29) is 6.04 Å². The van der Waals surface area contributed by atoms with Gasteiger partial charge in [-0.15, -0.1) is 0 Å². The van der Waals surface area contributed by atoms with Crippen LogP contribution >= 0.6 is 15.9 Å². The Morgan fingerprint density at radius 2 is 2.14 bits per heavy atom. The third-order valence-corrected chi connectivity index (χ3v) is 5.92. The fraction of sp³-hybridized carbons (Fsp3) is 0.733. The first kappa shape index (κ1) is 15.0. The Kier molecular flexibility index (Phi) is 3.86. The zero-order valence-electron chi connectivity index (χ0n) is 12.5. The molecule has 2 atom stereocenters. The average molecular weight is 356 g/mol. The molecule has 1 heterocycles. The Morgan fingerprint density at radius 3 is 2.67 bits per heavy atom. The Hall–Kier alpha value is -0.880. The molecule has 5 nitrogen and oxygen atoms in total. The number of nitrogens with one attached hydrogen (secondary N) is 1. The molecular formula is C15H22BrN3O2. The van der Waals surface area contributed by atoms with Crippen LogP contribution in [0.4, 0.5) is 0 Å². The van der Waals surface area contributed by atoms with Crippen molar-refractivity contribution in [2.24, 2.45) is 0 Å². The summed E-state index contributed by atoms with van der Waals surface area (Å²) in [5, 5.41) is 17.8. The standard InChI is InChI=1S/C15H22BrN3O2/c1-9-13(16)10(2)19(18-9)12-4-3-7-15(8-12,14(20)21)17-11-5-6-11/h11-12,17H,3-8H2,1-2H3,(H,20,21). The molecular weight excluding hydrogens is 334 g/mol. The Balaban J connectivity index is 1.86. The lowest BCUT2D eigenvalue weighted by Gasteiger charge is -2.39. The van der Waals surface area contributed by atoms with Gasteiger partial charge in [-0.1, -0.05) is 0 Å². The Bertz CT molecular complexity index is 568. The average Bonchev–Trinajstić information content (AvgIpc) is 3.22. The summed E-state index contributed by atoms with van der Waals surface area (Å²) in [4.78, 5) is 11.9. The Labute approximate surface area is 133 Å². The van der Waals surface area contributed by atoms with Gasteiger partial charge >= 0.3 is 5.97 Å². The SMILES string of the molecule is Cc1nn(C2CCCC(NC3CC3)(C(=O)O)C2)c(C)c1Br. The number of hydrogen-bond acceptors (Lipinski definition) is 3. The van der Waals surface area contributed by atoms with Crippen molar-refractivity contribution in [1.82, 2.24) is 15.1 Å². The van der Waals surface area contributed by atoms with Crippen molar-refractivity contribution in [2.75, 3.05) is 0 Å².